The van der Waals surface area contributed by atoms with Gasteiger partial charge in [0.05, 0.1) is 11.7 Å². The van der Waals surface area contributed by atoms with Gasteiger partial charge < -0.3 is 18.9 Å². The lowest BCUT2D eigenvalue weighted by Gasteiger charge is -2.26. The predicted octanol–water partition coefficient (Wildman–Crippen LogP) is 4.50. The second kappa shape index (κ2) is 7.93. The van der Waals surface area contributed by atoms with Crippen LogP contribution in [0.5, 0.6) is 0 Å². The van der Waals surface area contributed by atoms with Crippen molar-refractivity contribution in [3.05, 3.63) is 41.9 Å². The maximum absolute atomic E-state index is 12.8. The summed E-state index contributed by atoms with van der Waals surface area (Å²) in [6.07, 6.45) is 10.8. The molecule has 4 aromatic rings. The second-order valence-corrected chi connectivity index (χ2v) is 8.95. The summed E-state index contributed by atoms with van der Waals surface area (Å²) in [5.74, 6) is 2.25. The van der Waals surface area contributed by atoms with Gasteiger partial charge in [-0.15, -0.1) is 0 Å². The number of nitrogens with one attached hydrogen (secondary N) is 1. The van der Waals surface area contributed by atoms with Crippen molar-refractivity contribution in [2.75, 3.05) is 13.1 Å². The highest BCUT2D eigenvalue weighted by atomic mass is 16.3. The molecule has 0 radical (unpaired) electrons. The molecule has 1 saturated carbocycles. The molecule has 1 N–H and O–H groups in total. The Morgan fingerprint density at radius 3 is 2.88 bits per heavy atom. The van der Waals surface area contributed by atoms with Gasteiger partial charge in [0, 0.05) is 37.3 Å². The third-order valence-electron chi connectivity index (χ3n) is 6.56. The topological polar surface area (TPSA) is 104 Å². The molecule has 166 valence electrons. The van der Waals surface area contributed by atoms with Crippen LogP contribution in [0.2, 0.25) is 0 Å². The van der Waals surface area contributed by atoms with Gasteiger partial charge in [0.25, 0.3) is 5.91 Å². The van der Waals surface area contributed by atoms with Gasteiger partial charge in [-0.1, -0.05) is 0 Å². The monoisotopic (exact) mass is 440 g/mol. The predicted molar refractivity (Wildman–Crippen MR) is 124 cm³/mol. The number of amides is 1. The number of furan rings is 1. The van der Waals surface area contributed by atoms with Crippen LogP contribution in [0, 0.1) is 17.2 Å². The Morgan fingerprint density at radius 2 is 2.09 bits per heavy atom. The van der Waals surface area contributed by atoms with Crippen molar-refractivity contribution in [2.45, 2.75) is 38.6 Å². The Kier molecular flexibility index (Phi) is 4.75. The smallest absolute Gasteiger partial charge is 0.264 e. The van der Waals surface area contributed by atoms with Crippen molar-refractivity contribution >= 4 is 34.1 Å². The lowest BCUT2D eigenvalue weighted by Crippen LogP contribution is -2.36. The average molecular weight is 441 g/mol. The molecule has 33 heavy (non-hydrogen) atoms. The van der Waals surface area contributed by atoms with Gasteiger partial charge in [-0.05, 0) is 56.2 Å². The SMILES string of the molecule is N#C/C(=C\c1ccc(-c2nc3cnc4[nH]ccc4c3n2CC2CC2)o1)C(=O)N1CCCCC1. The van der Waals surface area contributed by atoms with Crippen molar-refractivity contribution in [2.24, 2.45) is 5.92 Å². The number of likely N-dealkylation sites (tertiary alicyclic amines) is 1. The molecular formula is C25H24N6O2. The first kappa shape index (κ1) is 19.8. The number of carbonyl (C=O) groups is 1. The molecule has 2 fully saturated rings. The number of aromatic amines is 1. The quantitative estimate of drug-likeness (QED) is 0.363. The van der Waals surface area contributed by atoms with Crippen LogP contribution in [0.15, 0.2) is 40.6 Å². The van der Waals surface area contributed by atoms with Gasteiger partial charge in [0.1, 0.15) is 28.6 Å². The number of pyridine rings is 1. The fourth-order valence-corrected chi connectivity index (χ4v) is 4.66. The molecule has 5 heterocycles. The fraction of sp³-hybridized carbons (Fsp3) is 0.360. The van der Waals surface area contributed by atoms with Crippen LogP contribution in [0.4, 0.5) is 0 Å². The summed E-state index contributed by atoms with van der Waals surface area (Å²) in [5, 5.41) is 10.6. The summed E-state index contributed by atoms with van der Waals surface area (Å²) in [5.41, 5.74) is 2.81. The molecule has 4 aromatic heterocycles. The summed E-state index contributed by atoms with van der Waals surface area (Å²) in [6.45, 7) is 2.28. The van der Waals surface area contributed by atoms with E-state index in [1.54, 1.807) is 23.2 Å². The van der Waals surface area contributed by atoms with Crippen molar-refractivity contribution in [1.29, 1.82) is 5.26 Å². The molecular weight excluding hydrogens is 416 g/mol. The fourth-order valence-electron chi connectivity index (χ4n) is 4.66. The maximum atomic E-state index is 12.8. The normalized spacial score (nSPS) is 17.1. The van der Waals surface area contributed by atoms with E-state index in [9.17, 15) is 10.1 Å². The minimum Gasteiger partial charge on any atom is -0.453 e. The molecule has 0 aromatic carbocycles. The van der Waals surface area contributed by atoms with Gasteiger partial charge in [0.2, 0.25) is 0 Å². The van der Waals surface area contributed by atoms with Gasteiger partial charge >= 0.3 is 0 Å². The van der Waals surface area contributed by atoms with Crippen LogP contribution in [0.25, 0.3) is 39.7 Å². The van der Waals surface area contributed by atoms with E-state index in [0.717, 1.165) is 53.7 Å². The average Bonchev–Trinajstić information content (AvgIpc) is 3.22. The van der Waals surface area contributed by atoms with Crippen molar-refractivity contribution in [1.82, 2.24) is 24.4 Å². The van der Waals surface area contributed by atoms with E-state index in [1.807, 2.05) is 18.3 Å². The first-order valence-electron chi connectivity index (χ1n) is 11.5. The largest absolute Gasteiger partial charge is 0.453 e. The van der Waals surface area contributed by atoms with Gasteiger partial charge in [-0.3, -0.25) is 4.79 Å². The number of fused-ring (bicyclic) bond motifs is 3. The Morgan fingerprint density at radius 1 is 1.24 bits per heavy atom. The molecule has 6 rings (SSSR count). The third kappa shape index (κ3) is 3.59. The summed E-state index contributed by atoms with van der Waals surface area (Å²) in [7, 11) is 0. The van der Waals surface area contributed by atoms with Gasteiger partial charge in [-0.2, -0.15) is 5.26 Å². The molecule has 0 bridgehead atoms. The number of hydrogen-bond donors (Lipinski definition) is 1. The van der Waals surface area contributed by atoms with Crippen LogP contribution in [0.3, 0.4) is 0 Å². The van der Waals surface area contributed by atoms with E-state index in [0.29, 0.717) is 30.5 Å². The summed E-state index contributed by atoms with van der Waals surface area (Å²) >= 11 is 0. The maximum Gasteiger partial charge on any atom is 0.264 e. The molecule has 8 heteroatoms. The molecule has 0 atom stereocenters. The minimum atomic E-state index is -0.225. The Bertz CT molecular complexity index is 1420. The number of rotatable bonds is 5. The molecule has 8 nitrogen and oxygen atoms in total. The highest BCUT2D eigenvalue weighted by molar-refractivity contribution is 6.03. The van der Waals surface area contributed by atoms with E-state index < -0.39 is 0 Å². The van der Waals surface area contributed by atoms with E-state index in [2.05, 4.69) is 20.6 Å². The van der Waals surface area contributed by atoms with E-state index in [1.165, 1.54) is 12.8 Å². The molecule has 0 spiro atoms. The number of H-pyrrole nitrogens is 1. The van der Waals surface area contributed by atoms with Crippen molar-refractivity contribution < 1.29 is 9.21 Å². The molecule has 2 aliphatic rings. The number of carbonyl (C=O) groups excluding carboxylic acids is 1. The van der Waals surface area contributed by atoms with Gasteiger partial charge in [0.15, 0.2) is 11.6 Å². The molecule has 1 saturated heterocycles. The van der Waals surface area contributed by atoms with E-state index in [-0.39, 0.29) is 11.5 Å². The molecule has 1 amide bonds. The highest BCUT2D eigenvalue weighted by Crippen LogP contribution is 2.36. The number of piperidine rings is 1. The van der Waals surface area contributed by atoms with E-state index >= 15 is 0 Å². The Balaban J connectivity index is 1.38. The number of imidazole rings is 1. The van der Waals surface area contributed by atoms with Crippen molar-refractivity contribution in [3.63, 3.8) is 0 Å². The Hall–Kier alpha value is -3.86. The summed E-state index contributed by atoms with van der Waals surface area (Å²) in [4.78, 5) is 27.0. The standard InChI is InChI=1S/C25H24N6O2/c26-13-17(25(32)30-10-2-1-3-11-30)12-18-6-7-21(33-18)24-29-20-14-28-23-19(8-9-27-23)22(20)31(24)15-16-4-5-16/h6-9,12,14,16H,1-5,10-11,15H2,(H,27,28)/b17-12+. The molecule has 1 aliphatic carbocycles. The van der Waals surface area contributed by atoms with Crippen LogP contribution in [0.1, 0.15) is 37.9 Å². The first-order chi connectivity index (χ1) is 16.2. The Labute approximate surface area is 190 Å². The zero-order chi connectivity index (χ0) is 22.4. The van der Waals surface area contributed by atoms with E-state index in [4.69, 9.17) is 9.40 Å². The van der Waals surface area contributed by atoms with Crippen LogP contribution in [-0.4, -0.2) is 43.4 Å². The number of nitriles is 1. The van der Waals surface area contributed by atoms with Gasteiger partial charge in [-0.25, -0.2) is 9.97 Å². The first-order valence-corrected chi connectivity index (χ1v) is 11.5. The minimum absolute atomic E-state index is 0.0996. The molecule has 1 aliphatic heterocycles. The molecule has 0 unspecified atom stereocenters. The van der Waals surface area contributed by atoms with Crippen LogP contribution >= 0.6 is 0 Å². The number of aromatic nitrogens is 4. The summed E-state index contributed by atoms with van der Waals surface area (Å²) < 4.78 is 8.32. The number of hydrogen-bond acceptors (Lipinski definition) is 5. The third-order valence-corrected chi connectivity index (χ3v) is 6.56. The number of nitrogens with zero attached hydrogens (tertiary/aromatic N) is 5. The van der Waals surface area contributed by atoms with Crippen LogP contribution in [-0.2, 0) is 11.3 Å². The summed E-state index contributed by atoms with van der Waals surface area (Å²) in [6, 6.07) is 7.74. The lowest BCUT2D eigenvalue weighted by molar-refractivity contribution is -0.127. The highest BCUT2D eigenvalue weighted by Gasteiger charge is 2.27. The van der Waals surface area contributed by atoms with Crippen molar-refractivity contribution in [3.8, 4) is 17.7 Å². The van der Waals surface area contributed by atoms with Crippen LogP contribution < -0.4 is 0 Å². The zero-order valence-electron chi connectivity index (χ0n) is 18.3. The lowest BCUT2D eigenvalue weighted by atomic mass is 10.1. The second-order valence-electron chi connectivity index (χ2n) is 8.95. The zero-order valence-corrected chi connectivity index (χ0v) is 18.3.